The Morgan fingerprint density at radius 1 is 1.05 bits per heavy atom. The van der Waals surface area contributed by atoms with Crippen LogP contribution in [0, 0.1) is 11.3 Å². The molecule has 0 aliphatic rings. The molecule has 1 N–H and O–H groups in total. The molecular formula is C16H24N2O2S. The van der Waals surface area contributed by atoms with E-state index >= 15 is 0 Å². The lowest BCUT2D eigenvalue weighted by Gasteiger charge is -2.09. The summed E-state index contributed by atoms with van der Waals surface area (Å²) in [6.45, 7) is 2.18. The molecule has 0 spiro atoms. The highest BCUT2D eigenvalue weighted by Gasteiger charge is 2.12. The first-order valence-corrected chi connectivity index (χ1v) is 9.24. The molecule has 1 rings (SSSR count). The molecule has 0 aliphatic carbocycles. The number of benzene rings is 1. The number of nitriles is 1. The zero-order valence-electron chi connectivity index (χ0n) is 12.6. The molecule has 1 aromatic rings. The van der Waals surface area contributed by atoms with Crippen LogP contribution in [0.15, 0.2) is 24.3 Å². The van der Waals surface area contributed by atoms with Crippen molar-refractivity contribution >= 4 is 15.7 Å². The number of hydrogen-bond donors (Lipinski definition) is 1. The predicted octanol–water partition coefficient (Wildman–Crippen LogP) is 4.05. The topological polar surface area (TPSA) is 70.0 Å². The van der Waals surface area contributed by atoms with Gasteiger partial charge >= 0.3 is 0 Å². The highest BCUT2D eigenvalue weighted by molar-refractivity contribution is 7.92. The first-order valence-electron chi connectivity index (χ1n) is 7.58. The van der Waals surface area contributed by atoms with Gasteiger partial charge < -0.3 is 0 Å². The second-order valence-electron chi connectivity index (χ2n) is 5.20. The van der Waals surface area contributed by atoms with Gasteiger partial charge in [-0.1, -0.05) is 57.6 Å². The SMILES string of the molecule is CCCCCCCCCS(=O)(=O)Nc1ccccc1C#N. The van der Waals surface area contributed by atoms with E-state index in [0.29, 0.717) is 17.7 Å². The Bertz CT molecular complexity index is 562. The molecule has 0 fully saturated rings. The number of anilines is 1. The van der Waals surface area contributed by atoms with Gasteiger partial charge in [0.25, 0.3) is 0 Å². The molecule has 4 nitrogen and oxygen atoms in total. The Hall–Kier alpha value is -1.54. The quantitative estimate of drug-likeness (QED) is 0.663. The van der Waals surface area contributed by atoms with Crippen molar-refractivity contribution in [3.63, 3.8) is 0 Å². The van der Waals surface area contributed by atoms with Gasteiger partial charge in [-0.3, -0.25) is 4.72 Å². The van der Waals surface area contributed by atoms with Crippen molar-refractivity contribution in [2.45, 2.75) is 51.9 Å². The van der Waals surface area contributed by atoms with E-state index in [0.717, 1.165) is 12.8 Å². The van der Waals surface area contributed by atoms with Crippen molar-refractivity contribution in [3.8, 4) is 6.07 Å². The second kappa shape index (κ2) is 9.41. The maximum absolute atomic E-state index is 12.0. The van der Waals surface area contributed by atoms with Crippen LogP contribution < -0.4 is 4.72 Å². The van der Waals surface area contributed by atoms with Crippen LogP contribution >= 0.6 is 0 Å². The lowest BCUT2D eigenvalue weighted by molar-refractivity contribution is 0.582. The average molecular weight is 308 g/mol. The van der Waals surface area contributed by atoms with Crippen molar-refractivity contribution in [2.75, 3.05) is 10.5 Å². The van der Waals surface area contributed by atoms with E-state index in [1.54, 1.807) is 24.3 Å². The molecule has 21 heavy (non-hydrogen) atoms. The van der Waals surface area contributed by atoms with Gasteiger partial charge in [0.15, 0.2) is 0 Å². The molecule has 0 radical (unpaired) electrons. The highest BCUT2D eigenvalue weighted by Crippen LogP contribution is 2.16. The molecule has 1 aromatic carbocycles. The number of unbranched alkanes of at least 4 members (excludes halogenated alkanes) is 6. The Labute approximate surface area is 128 Å². The van der Waals surface area contributed by atoms with Gasteiger partial charge in [0.2, 0.25) is 10.0 Å². The first-order chi connectivity index (χ1) is 10.1. The summed E-state index contributed by atoms with van der Waals surface area (Å²) in [4.78, 5) is 0. The summed E-state index contributed by atoms with van der Waals surface area (Å²) in [5, 5.41) is 8.95. The zero-order chi connectivity index (χ0) is 15.6. The average Bonchev–Trinajstić information content (AvgIpc) is 2.46. The van der Waals surface area contributed by atoms with E-state index < -0.39 is 10.0 Å². The van der Waals surface area contributed by atoms with Gasteiger partial charge in [-0.15, -0.1) is 0 Å². The summed E-state index contributed by atoms with van der Waals surface area (Å²) < 4.78 is 26.5. The molecule has 0 saturated heterocycles. The molecule has 0 unspecified atom stereocenters. The fourth-order valence-corrected chi connectivity index (χ4v) is 3.34. The van der Waals surface area contributed by atoms with E-state index in [9.17, 15) is 8.42 Å². The van der Waals surface area contributed by atoms with Crippen LogP contribution in [0.1, 0.15) is 57.4 Å². The monoisotopic (exact) mass is 308 g/mol. The third-order valence-electron chi connectivity index (χ3n) is 3.33. The molecule has 0 heterocycles. The molecule has 0 atom stereocenters. The van der Waals surface area contributed by atoms with E-state index in [4.69, 9.17) is 5.26 Å². The fourth-order valence-electron chi connectivity index (χ4n) is 2.14. The van der Waals surface area contributed by atoms with Crippen LogP contribution in [-0.2, 0) is 10.0 Å². The smallest absolute Gasteiger partial charge is 0.232 e. The van der Waals surface area contributed by atoms with Crippen LogP contribution in [0.2, 0.25) is 0 Å². The summed E-state index contributed by atoms with van der Waals surface area (Å²) in [7, 11) is -3.37. The van der Waals surface area contributed by atoms with Gasteiger partial charge in [0.05, 0.1) is 17.0 Å². The summed E-state index contributed by atoms with van der Waals surface area (Å²) in [5.74, 6) is 0.112. The molecule has 0 aliphatic heterocycles. The van der Waals surface area contributed by atoms with Crippen LogP contribution in [0.4, 0.5) is 5.69 Å². The number of nitrogens with one attached hydrogen (secondary N) is 1. The summed E-state index contributed by atoms with van der Waals surface area (Å²) >= 11 is 0. The van der Waals surface area contributed by atoms with Crippen molar-refractivity contribution in [2.24, 2.45) is 0 Å². The maximum Gasteiger partial charge on any atom is 0.232 e. The standard InChI is InChI=1S/C16H24N2O2S/c1-2-3-4-5-6-7-10-13-21(19,20)18-16-12-9-8-11-15(16)14-17/h8-9,11-12,18H,2-7,10,13H2,1H3. The van der Waals surface area contributed by atoms with Crippen LogP contribution in [-0.4, -0.2) is 14.2 Å². The summed E-state index contributed by atoms with van der Waals surface area (Å²) in [6, 6.07) is 8.63. The van der Waals surface area contributed by atoms with Crippen molar-refractivity contribution in [1.82, 2.24) is 0 Å². The van der Waals surface area contributed by atoms with Gasteiger partial charge in [-0.2, -0.15) is 5.26 Å². The minimum atomic E-state index is -3.37. The highest BCUT2D eigenvalue weighted by atomic mass is 32.2. The van der Waals surface area contributed by atoms with Gasteiger partial charge in [0, 0.05) is 0 Å². The molecule has 0 bridgehead atoms. The normalized spacial score (nSPS) is 11.0. The van der Waals surface area contributed by atoms with E-state index in [1.165, 1.54) is 25.7 Å². The second-order valence-corrected chi connectivity index (χ2v) is 7.04. The molecule has 0 aromatic heterocycles. The Kier molecular flexibility index (Phi) is 7.84. The Balaban J connectivity index is 2.36. The largest absolute Gasteiger partial charge is 0.282 e. The van der Waals surface area contributed by atoms with Crippen molar-refractivity contribution in [3.05, 3.63) is 29.8 Å². The van der Waals surface area contributed by atoms with E-state index in [1.807, 2.05) is 6.07 Å². The molecule has 0 amide bonds. The number of nitrogens with zero attached hydrogens (tertiary/aromatic N) is 1. The Morgan fingerprint density at radius 2 is 1.67 bits per heavy atom. The number of para-hydroxylation sites is 1. The lowest BCUT2D eigenvalue weighted by Crippen LogP contribution is -2.17. The zero-order valence-corrected chi connectivity index (χ0v) is 13.5. The third kappa shape index (κ3) is 7.14. The van der Waals surface area contributed by atoms with Crippen LogP contribution in [0.25, 0.3) is 0 Å². The number of hydrogen-bond acceptors (Lipinski definition) is 3. The summed E-state index contributed by atoms with van der Waals surface area (Å²) in [6.07, 6.45) is 7.57. The summed E-state index contributed by atoms with van der Waals surface area (Å²) in [5.41, 5.74) is 0.712. The fraction of sp³-hybridized carbons (Fsp3) is 0.562. The maximum atomic E-state index is 12.0. The third-order valence-corrected chi connectivity index (χ3v) is 4.69. The van der Waals surface area contributed by atoms with Crippen LogP contribution in [0.5, 0.6) is 0 Å². The van der Waals surface area contributed by atoms with Gasteiger partial charge in [-0.05, 0) is 18.6 Å². The molecular weight excluding hydrogens is 284 g/mol. The first kappa shape index (κ1) is 17.5. The van der Waals surface area contributed by atoms with E-state index in [2.05, 4.69) is 11.6 Å². The minimum absolute atomic E-state index is 0.112. The number of rotatable bonds is 10. The molecule has 5 heteroatoms. The Morgan fingerprint density at radius 3 is 2.33 bits per heavy atom. The van der Waals surface area contributed by atoms with Crippen LogP contribution in [0.3, 0.4) is 0 Å². The van der Waals surface area contributed by atoms with Gasteiger partial charge in [0.1, 0.15) is 6.07 Å². The van der Waals surface area contributed by atoms with Crippen molar-refractivity contribution in [1.29, 1.82) is 5.26 Å². The number of sulfonamides is 1. The molecule has 116 valence electrons. The predicted molar refractivity (Wildman–Crippen MR) is 86.6 cm³/mol. The van der Waals surface area contributed by atoms with E-state index in [-0.39, 0.29) is 5.75 Å². The van der Waals surface area contributed by atoms with Crippen molar-refractivity contribution < 1.29 is 8.42 Å². The molecule has 0 saturated carbocycles. The lowest BCUT2D eigenvalue weighted by atomic mass is 10.1. The minimum Gasteiger partial charge on any atom is -0.282 e. The van der Waals surface area contributed by atoms with Gasteiger partial charge in [-0.25, -0.2) is 8.42 Å².